The van der Waals surface area contributed by atoms with Crippen molar-refractivity contribution in [2.24, 2.45) is 0 Å². The minimum atomic E-state index is -0.233. The molecule has 2 nitrogen and oxygen atoms in total. The molecule has 0 saturated heterocycles. The van der Waals surface area contributed by atoms with Crippen LogP contribution < -0.4 is 0 Å². The van der Waals surface area contributed by atoms with Crippen LogP contribution in [0, 0.1) is 0 Å². The van der Waals surface area contributed by atoms with Gasteiger partial charge < -0.3 is 4.74 Å². The van der Waals surface area contributed by atoms with E-state index in [1.807, 2.05) is 6.92 Å². The monoisotopic (exact) mass is 292 g/mol. The maximum Gasteiger partial charge on any atom is 0.319 e. The summed E-state index contributed by atoms with van der Waals surface area (Å²) in [6.07, 6.45) is 7.73. The molecule has 0 amide bonds. The zero-order valence-electron chi connectivity index (χ0n) is 12.5. The van der Waals surface area contributed by atoms with Gasteiger partial charge in [-0.15, -0.1) is 11.8 Å². The molecular weight excluding hydrogens is 263 g/mol. The standard InChI is InChI=1S/C15H29FO2S/c1-3-5-7-10-14(15(17)18-12-4-2)19-13-9-6-8-11-16/h14H,3-13H2,1-2H3. The van der Waals surface area contributed by atoms with Crippen LogP contribution >= 0.6 is 11.8 Å². The molecule has 114 valence electrons. The second kappa shape index (κ2) is 14.2. The summed E-state index contributed by atoms with van der Waals surface area (Å²) in [4.78, 5) is 11.9. The molecule has 0 saturated carbocycles. The Morgan fingerprint density at radius 1 is 1.11 bits per heavy atom. The number of hydrogen-bond acceptors (Lipinski definition) is 3. The van der Waals surface area contributed by atoms with E-state index >= 15 is 0 Å². The fourth-order valence-corrected chi connectivity index (χ4v) is 2.94. The van der Waals surface area contributed by atoms with Crippen molar-refractivity contribution >= 4 is 17.7 Å². The topological polar surface area (TPSA) is 26.3 Å². The highest BCUT2D eigenvalue weighted by Gasteiger charge is 2.19. The number of unbranched alkanes of at least 4 members (excludes halogenated alkanes) is 4. The van der Waals surface area contributed by atoms with Gasteiger partial charge in [0.05, 0.1) is 13.3 Å². The summed E-state index contributed by atoms with van der Waals surface area (Å²) >= 11 is 1.68. The minimum absolute atomic E-state index is 0.0246. The van der Waals surface area contributed by atoms with Crippen molar-refractivity contribution in [2.75, 3.05) is 19.0 Å². The molecule has 0 aliphatic rings. The molecule has 0 fully saturated rings. The van der Waals surface area contributed by atoms with E-state index in [9.17, 15) is 9.18 Å². The third-order valence-corrected chi connectivity index (χ3v) is 4.23. The highest BCUT2D eigenvalue weighted by Crippen LogP contribution is 2.21. The van der Waals surface area contributed by atoms with E-state index in [-0.39, 0.29) is 17.9 Å². The van der Waals surface area contributed by atoms with Crippen molar-refractivity contribution in [3.8, 4) is 0 Å². The van der Waals surface area contributed by atoms with E-state index < -0.39 is 0 Å². The van der Waals surface area contributed by atoms with Crippen LogP contribution in [0.25, 0.3) is 0 Å². The average molecular weight is 292 g/mol. The highest BCUT2D eigenvalue weighted by atomic mass is 32.2. The van der Waals surface area contributed by atoms with E-state index in [1.54, 1.807) is 11.8 Å². The molecule has 0 N–H and O–H groups in total. The van der Waals surface area contributed by atoms with Crippen LogP contribution in [0.15, 0.2) is 0 Å². The fourth-order valence-electron chi connectivity index (χ4n) is 1.74. The Morgan fingerprint density at radius 3 is 2.53 bits per heavy atom. The van der Waals surface area contributed by atoms with Gasteiger partial charge in [0.25, 0.3) is 0 Å². The number of rotatable bonds is 13. The van der Waals surface area contributed by atoms with E-state index in [1.165, 1.54) is 6.42 Å². The summed E-state index contributed by atoms with van der Waals surface area (Å²) in [7, 11) is 0. The van der Waals surface area contributed by atoms with Crippen LogP contribution in [-0.2, 0) is 9.53 Å². The number of carbonyl (C=O) groups excluding carboxylic acids is 1. The number of alkyl halides is 1. The number of hydrogen-bond donors (Lipinski definition) is 0. The molecule has 1 unspecified atom stereocenters. The Balaban J connectivity index is 3.91. The van der Waals surface area contributed by atoms with Crippen molar-refractivity contribution in [1.29, 1.82) is 0 Å². The molecule has 0 heterocycles. The van der Waals surface area contributed by atoms with Gasteiger partial charge in [-0.1, -0.05) is 39.5 Å². The number of thioether (sulfide) groups is 1. The average Bonchev–Trinajstić information content (AvgIpc) is 2.42. The molecule has 0 radical (unpaired) electrons. The fraction of sp³-hybridized carbons (Fsp3) is 0.933. The summed E-state index contributed by atoms with van der Waals surface area (Å²) in [5.74, 6) is 0.867. The van der Waals surface area contributed by atoms with E-state index in [0.717, 1.165) is 44.3 Å². The Labute approximate surface area is 121 Å². The molecule has 0 aromatic carbocycles. The highest BCUT2D eigenvalue weighted by molar-refractivity contribution is 8.00. The van der Waals surface area contributed by atoms with Crippen molar-refractivity contribution in [2.45, 2.75) is 70.5 Å². The largest absolute Gasteiger partial charge is 0.465 e. The number of ether oxygens (including phenoxy) is 1. The first-order valence-electron chi connectivity index (χ1n) is 7.60. The zero-order valence-corrected chi connectivity index (χ0v) is 13.3. The van der Waals surface area contributed by atoms with Crippen LogP contribution in [0.5, 0.6) is 0 Å². The molecule has 0 aliphatic heterocycles. The van der Waals surface area contributed by atoms with Gasteiger partial charge in [0.2, 0.25) is 0 Å². The van der Waals surface area contributed by atoms with Crippen LogP contribution in [-0.4, -0.2) is 30.3 Å². The van der Waals surface area contributed by atoms with E-state index in [2.05, 4.69) is 6.92 Å². The van der Waals surface area contributed by atoms with Crippen LogP contribution in [0.2, 0.25) is 0 Å². The molecule has 4 heteroatoms. The normalized spacial score (nSPS) is 12.4. The second-order valence-corrected chi connectivity index (χ2v) is 6.08. The molecule has 0 rings (SSSR count). The third-order valence-electron chi connectivity index (χ3n) is 2.88. The minimum Gasteiger partial charge on any atom is -0.465 e. The van der Waals surface area contributed by atoms with Gasteiger partial charge in [-0.25, -0.2) is 0 Å². The molecule has 0 bridgehead atoms. The zero-order chi connectivity index (χ0) is 14.3. The number of halogens is 1. The Morgan fingerprint density at radius 2 is 1.89 bits per heavy atom. The molecular formula is C15H29FO2S. The first-order valence-corrected chi connectivity index (χ1v) is 8.65. The molecule has 0 aromatic rings. The molecule has 0 spiro atoms. The van der Waals surface area contributed by atoms with Gasteiger partial charge in [-0.2, -0.15) is 0 Å². The lowest BCUT2D eigenvalue weighted by Gasteiger charge is -2.15. The maximum atomic E-state index is 12.0. The summed E-state index contributed by atoms with van der Waals surface area (Å²) < 4.78 is 17.2. The van der Waals surface area contributed by atoms with Gasteiger partial charge >= 0.3 is 5.97 Å². The van der Waals surface area contributed by atoms with Crippen LogP contribution in [0.4, 0.5) is 4.39 Å². The van der Waals surface area contributed by atoms with Crippen LogP contribution in [0.1, 0.15) is 65.2 Å². The molecule has 19 heavy (non-hydrogen) atoms. The lowest BCUT2D eigenvalue weighted by atomic mass is 10.1. The number of esters is 1. The third kappa shape index (κ3) is 11.3. The van der Waals surface area contributed by atoms with Gasteiger partial charge in [0, 0.05) is 0 Å². The Hall–Kier alpha value is -0.250. The molecule has 1 atom stereocenters. The first kappa shape index (κ1) is 18.8. The smallest absolute Gasteiger partial charge is 0.319 e. The lowest BCUT2D eigenvalue weighted by Crippen LogP contribution is -2.21. The van der Waals surface area contributed by atoms with E-state index in [4.69, 9.17) is 4.74 Å². The quantitative estimate of drug-likeness (QED) is 0.361. The predicted octanol–water partition coefficient (Wildman–Crippen LogP) is 4.76. The number of carbonyl (C=O) groups is 1. The van der Waals surface area contributed by atoms with Crippen LogP contribution in [0.3, 0.4) is 0 Å². The van der Waals surface area contributed by atoms with E-state index in [0.29, 0.717) is 13.0 Å². The summed E-state index contributed by atoms with van der Waals surface area (Å²) in [6.45, 7) is 4.45. The lowest BCUT2D eigenvalue weighted by molar-refractivity contribution is -0.143. The van der Waals surface area contributed by atoms with Crippen molar-refractivity contribution in [3.63, 3.8) is 0 Å². The second-order valence-electron chi connectivity index (χ2n) is 4.77. The molecule has 0 aromatic heterocycles. The van der Waals surface area contributed by atoms with Crippen molar-refractivity contribution in [1.82, 2.24) is 0 Å². The molecule has 0 aliphatic carbocycles. The first-order chi connectivity index (χ1) is 9.26. The van der Waals surface area contributed by atoms with Crippen molar-refractivity contribution < 1.29 is 13.9 Å². The van der Waals surface area contributed by atoms with Gasteiger partial charge in [-0.05, 0) is 31.4 Å². The van der Waals surface area contributed by atoms with Crippen molar-refractivity contribution in [3.05, 3.63) is 0 Å². The van der Waals surface area contributed by atoms with Gasteiger partial charge in [0.1, 0.15) is 5.25 Å². The Kier molecular flexibility index (Phi) is 14.0. The SMILES string of the molecule is CCCCCC(SCCCCCF)C(=O)OCCC. The van der Waals surface area contributed by atoms with Gasteiger partial charge in [0.15, 0.2) is 0 Å². The summed E-state index contributed by atoms with van der Waals surface area (Å²) in [6, 6.07) is 0. The van der Waals surface area contributed by atoms with Gasteiger partial charge in [-0.3, -0.25) is 9.18 Å². The summed E-state index contributed by atoms with van der Waals surface area (Å²) in [5, 5.41) is -0.0246. The maximum absolute atomic E-state index is 12.0. The summed E-state index contributed by atoms with van der Waals surface area (Å²) in [5.41, 5.74) is 0. The Bertz CT molecular complexity index is 212. The predicted molar refractivity (Wildman–Crippen MR) is 81.5 cm³/mol.